The van der Waals surface area contributed by atoms with Crippen molar-refractivity contribution in [3.8, 4) is 0 Å². The Kier molecular flexibility index (Phi) is 2.96. The number of nitrogens with zero attached hydrogens (tertiary/aromatic N) is 1. The third-order valence-corrected chi connectivity index (χ3v) is 3.35. The van der Waals surface area contributed by atoms with E-state index in [1.807, 2.05) is 0 Å². The van der Waals surface area contributed by atoms with E-state index < -0.39 is 11.5 Å². The number of likely N-dealkylation sites (tertiary alicyclic amines) is 1. The molecular formula is C10H12BrN3O3. The standard InChI is InChI=1S/C10H12BrN3O3/c11-6-3-7(13-4-6)8(15)14-2-1-10(12,5-14)9(16)17/h3-4,13H,1-2,5,12H2,(H,16,17). The highest BCUT2D eigenvalue weighted by Crippen LogP contribution is 2.21. The van der Waals surface area contributed by atoms with Gasteiger partial charge in [-0.1, -0.05) is 0 Å². The zero-order valence-electron chi connectivity index (χ0n) is 8.94. The van der Waals surface area contributed by atoms with Gasteiger partial charge >= 0.3 is 5.97 Å². The first-order valence-electron chi connectivity index (χ1n) is 5.08. The monoisotopic (exact) mass is 301 g/mol. The smallest absolute Gasteiger partial charge is 0.325 e. The SMILES string of the molecule is NC1(C(=O)O)CCN(C(=O)c2cc(Br)c[nH]2)C1. The predicted molar refractivity (Wildman–Crippen MR) is 63.6 cm³/mol. The molecule has 6 nitrogen and oxygen atoms in total. The minimum Gasteiger partial charge on any atom is -0.480 e. The fourth-order valence-corrected chi connectivity index (χ4v) is 2.19. The molecule has 1 amide bonds. The lowest BCUT2D eigenvalue weighted by Gasteiger charge is -2.19. The first kappa shape index (κ1) is 12.1. The molecule has 0 saturated carbocycles. The van der Waals surface area contributed by atoms with Crippen LogP contribution in [0.5, 0.6) is 0 Å². The second-order valence-electron chi connectivity index (χ2n) is 4.17. The molecule has 1 aromatic heterocycles. The first-order chi connectivity index (χ1) is 7.92. The van der Waals surface area contributed by atoms with E-state index >= 15 is 0 Å². The van der Waals surface area contributed by atoms with Gasteiger partial charge in [-0.3, -0.25) is 9.59 Å². The van der Waals surface area contributed by atoms with Crippen LogP contribution in [0.3, 0.4) is 0 Å². The van der Waals surface area contributed by atoms with Gasteiger partial charge in [-0.15, -0.1) is 0 Å². The lowest BCUT2D eigenvalue weighted by molar-refractivity contribution is -0.142. The molecule has 7 heteroatoms. The van der Waals surface area contributed by atoms with Gasteiger partial charge < -0.3 is 20.7 Å². The second-order valence-corrected chi connectivity index (χ2v) is 5.09. The van der Waals surface area contributed by atoms with E-state index in [1.54, 1.807) is 12.3 Å². The number of carbonyl (C=O) groups excluding carboxylic acids is 1. The molecule has 0 bridgehead atoms. The maximum atomic E-state index is 12.0. The molecule has 1 unspecified atom stereocenters. The number of carboxylic acids is 1. The zero-order chi connectivity index (χ0) is 12.6. The minimum absolute atomic E-state index is 0.0395. The van der Waals surface area contributed by atoms with Crippen LogP contribution in [0.2, 0.25) is 0 Å². The van der Waals surface area contributed by atoms with Gasteiger partial charge in [0, 0.05) is 23.8 Å². The minimum atomic E-state index is -1.32. The summed E-state index contributed by atoms with van der Waals surface area (Å²) in [6.45, 7) is 0.399. The molecule has 0 spiro atoms. The van der Waals surface area contributed by atoms with Crippen molar-refractivity contribution in [1.29, 1.82) is 0 Å². The second kappa shape index (κ2) is 4.15. The summed E-state index contributed by atoms with van der Waals surface area (Å²) in [5, 5.41) is 8.97. The molecule has 1 atom stereocenters. The summed E-state index contributed by atoms with van der Waals surface area (Å²) >= 11 is 3.23. The number of hydrogen-bond acceptors (Lipinski definition) is 3. The van der Waals surface area contributed by atoms with Crippen molar-refractivity contribution < 1.29 is 14.7 Å². The van der Waals surface area contributed by atoms with E-state index in [0.717, 1.165) is 4.47 Å². The highest BCUT2D eigenvalue weighted by atomic mass is 79.9. The van der Waals surface area contributed by atoms with Crippen molar-refractivity contribution in [3.05, 3.63) is 22.4 Å². The van der Waals surface area contributed by atoms with Gasteiger partial charge in [0.15, 0.2) is 0 Å². The fourth-order valence-electron chi connectivity index (χ4n) is 1.84. The van der Waals surface area contributed by atoms with E-state index in [1.165, 1.54) is 4.90 Å². The van der Waals surface area contributed by atoms with E-state index in [4.69, 9.17) is 10.8 Å². The van der Waals surface area contributed by atoms with Crippen molar-refractivity contribution in [2.75, 3.05) is 13.1 Å². The summed E-state index contributed by atoms with van der Waals surface area (Å²) in [7, 11) is 0. The Bertz CT molecular complexity index is 473. The average molecular weight is 302 g/mol. The highest BCUT2D eigenvalue weighted by Gasteiger charge is 2.43. The normalized spacial score (nSPS) is 24.0. The first-order valence-corrected chi connectivity index (χ1v) is 5.87. The Morgan fingerprint density at radius 1 is 1.59 bits per heavy atom. The van der Waals surface area contributed by atoms with E-state index in [-0.39, 0.29) is 18.9 Å². The number of nitrogens with two attached hydrogens (primary N) is 1. The lowest BCUT2D eigenvalue weighted by Crippen LogP contribution is -2.50. The van der Waals surface area contributed by atoms with Gasteiger partial charge in [0.1, 0.15) is 11.2 Å². The Hall–Kier alpha value is -1.34. The summed E-state index contributed by atoms with van der Waals surface area (Å²) in [6, 6.07) is 1.65. The van der Waals surface area contributed by atoms with Crippen LogP contribution in [-0.2, 0) is 4.79 Å². The van der Waals surface area contributed by atoms with Crippen molar-refractivity contribution in [1.82, 2.24) is 9.88 Å². The Morgan fingerprint density at radius 3 is 2.76 bits per heavy atom. The third-order valence-electron chi connectivity index (χ3n) is 2.89. The molecule has 0 aromatic carbocycles. The van der Waals surface area contributed by atoms with Gasteiger partial charge in [-0.2, -0.15) is 0 Å². The summed E-state index contributed by atoms with van der Waals surface area (Å²) < 4.78 is 0.775. The number of rotatable bonds is 2. The molecule has 1 saturated heterocycles. The average Bonchev–Trinajstić information content (AvgIpc) is 2.85. The molecule has 1 aliphatic rings. The molecule has 0 radical (unpaired) electrons. The van der Waals surface area contributed by atoms with Crippen LogP contribution in [-0.4, -0.2) is 45.5 Å². The molecule has 1 fully saturated rings. The summed E-state index contributed by atoms with van der Waals surface area (Å²) in [4.78, 5) is 27.2. The Morgan fingerprint density at radius 2 is 2.29 bits per heavy atom. The molecule has 1 aromatic rings. The molecule has 4 N–H and O–H groups in total. The Labute approximate surface area is 106 Å². The number of hydrogen-bond donors (Lipinski definition) is 3. The van der Waals surface area contributed by atoms with Gasteiger partial charge in [-0.05, 0) is 28.4 Å². The topological polar surface area (TPSA) is 99.4 Å². The molecule has 1 aliphatic heterocycles. The Balaban J connectivity index is 2.11. The van der Waals surface area contributed by atoms with Gasteiger partial charge in [0.25, 0.3) is 5.91 Å². The van der Waals surface area contributed by atoms with Crippen molar-refractivity contribution in [2.24, 2.45) is 5.73 Å². The number of nitrogens with one attached hydrogen (secondary N) is 1. The molecule has 2 heterocycles. The predicted octanol–water partition coefficient (Wildman–Crippen LogP) is 0.405. The third kappa shape index (κ3) is 2.20. The molecule has 92 valence electrons. The number of carbonyl (C=O) groups is 2. The number of amides is 1. The lowest BCUT2D eigenvalue weighted by atomic mass is 10.0. The number of carboxylic acid groups (broad SMARTS) is 1. The number of aliphatic carboxylic acids is 1. The number of aromatic nitrogens is 1. The number of H-pyrrole nitrogens is 1. The van der Waals surface area contributed by atoms with Crippen LogP contribution >= 0.6 is 15.9 Å². The zero-order valence-corrected chi connectivity index (χ0v) is 10.5. The summed E-state index contributed by atoms with van der Waals surface area (Å²) in [6.07, 6.45) is 1.92. The van der Waals surface area contributed by atoms with Crippen LogP contribution in [0, 0.1) is 0 Å². The molecule has 2 rings (SSSR count). The van der Waals surface area contributed by atoms with Crippen LogP contribution in [0.15, 0.2) is 16.7 Å². The molecule has 17 heavy (non-hydrogen) atoms. The van der Waals surface area contributed by atoms with E-state index in [9.17, 15) is 9.59 Å². The van der Waals surface area contributed by atoms with E-state index in [2.05, 4.69) is 20.9 Å². The fraction of sp³-hybridized carbons (Fsp3) is 0.400. The van der Waals surface area contributed by atoms with Crippen LogP contribution in [0.4, 0.5) is 0 Å². The number of halogens is 1. The maximum absolute atomic E-state index is 12.0. The summed E-state index contributed by atoms with van der Waals surface area (Å²) in [5.41, 5.74) is 4.80. The van der Waals surface area contributed by atoms with Gasteiger partial charge in [-0.25, -0.2) is 0 Å². The maximum Gasteiger partial charge on any atom is 0.325 e. The number of aromatic amines is 1. The molecular weight excluding hydrogens is 290 g/mol. The van der Waals surface area contributed by atoms with Crippen LogP contribution in [0.25, 0.3) is 0 Å². The quantitative estimate of drug-likeness (QED) is 0.736. The van der Waals surface area contributed by atoms with Crippen molar-refractivity contribution in [3.63, 3.8) is 0 Å². The van der Waals surface area contributed by atoms with Gasteiger partial charge in [0.05, 0.1) is 0 Å². The largest absolute Gasteiger partial charge is 0.480 e. The highest BCUT2D eigenvalue weighted by molar-refractivity contribution is 9.10. The summed E-state index contributed by atoms with van der Waals surface area (Å²) in [5.74, 6) is -1.30. The van der Waals surface area contributed by atoms with Crippen molar-refractivity contribution in [2.45, 2.75) is 12.0 Å². The van der Waals surface area contributed by atoms with E-state index in [0.29, 0.717) is 12.2 Å². The van der Waals surface area contributed by atoms with Crippen LogP contribution in [0.1, 0.15) is 16.9 Å². The molecule has 0 aliphatic carbocycles. The van der Waals surface area contributed by atoms with Crippen LogP contribution < -0.4 is 5.73 Å². The van der Waals surface area contributed by atoms with Gasteiger partial charge in [0.2, 0.25) is 0 Å². The van der Waals surface area contributed by atoms with Crippen molar-refractivity contribution >= 4 is 27.8 Å².